The van der Waals surface area contributed by atoms with Gasteiger partial charge in [0.25, 0.3) is 0 Å². The van der Waals surface area contributed by atoms with Crippen molar-refractivity contribution in [3.63, 3.8) is 0 Å². The zero-order valence-corrected chi connectivity index (χ0v) is 23.0. The Morgan fingerprint density at radius 3 is 2.53 bits per heavy atom. The second-order valence-electron chi connectivity index (χ2n) is 11.0. The minimum Gasteiger partial charge on any atom is -0.338 e. The van der Waals surface area contributed by atoms with Crippen molar-refractivity contribution in [2.24, 2.45) is 11.8 Å². The third kappa shape index (κ3) is 5.11. The summed E-state index contributed by atoms with van der Waals surface area (Å²) in [6.45, 7) is 9.33. The predicted octanol–water partition coefficient (Wildman–Crippen LogP) is 6.49. The van der Waals surface area contributed by atoms with Gasteiger partial charge in [0, 0.05) is 30.5 Å². The fraction of sp³-hybridized carbons (Fsp3) is 0.448. The van der Waals surface area contributed by atoms with E-state index in [4.69, 9.17) is 16.6 Å². The summed E-state index contributed by atoms with van der Waals surface area (Å²) in [6.07, 6.45) is 8.01. The molecule has 7 heteroatoms. The minimum absolute atomic E-state index is 0.267. The van der Waals surface area contributed by atoms with Gasteiger partial charge in [0.05, 0.1) is 6.20 Å². The maximum atomic E-state index is 6.49. The van der Waals surface area contributed by atoms with Gasteiger partial charge in [0.2, 0.25) is 5.95 Å². The van der Waals surface area contributed by atoms with E-state index in [0.29, 0.717) is 16.8 Å². The first-order chi connectivity index (χ1) is 17.4. The second-order valence-corrected chi connectivity index (χ2v) is 13.7. The fourth-order valence-corrected chi connectivity index (χ4v) is 7.17. The Labute approximate surface area is 220 Å². The highest BCUT2D eigenvalue weighted by Crippen LogP contribution is 2.46. The number of hydrogen-bond acceptors (Lipinski definition) is 5. The van der Waals surface area contributed by atoms with Gasteiger partial charge in [-0.05, 0) is 105 Å². The molecule has 0 radical (unpaired) electrons. The number of nitrogens with zero attached hydrogens (tertiary/aromatic N) is 3. The van der Waals surface area contributed by atoms with Gasteiger partial charge in [0.15, 0.2) is 5.82 Å². The number of fused-ring (bicyclic) bond motifs is 2. The highest BCUT2D eigenvalue weighted by Gasteiger charge is 2.46. The molecule has 3 aromatic rings. The van der Waals surface area contributed by atoms with Gasteiger partial charge < -0.3 is 10.6 Å². The van der Waals surface area contributed by atoms with Crippen molar-refractivity contribution in [1.29, 1.82) is 0 Å². The molecule has 188 valence electrons. The molecule has 0 amide bonds. The van der Waals surface area contributed by atoms with E-state index < -0.39 is 0 Å². The van der Waals surface area contributed by atoms with Crippen LogP contribution in [-0.2, 0) is 12.8 Å². The lowest BCUT2D eigenvalue weighted by Gasteiger charge is -2.27. The molecule has 0 spiro atoms. The van der Waals surface area contributed by atoms with Gasteiger partial charge in [-0.25, -0.2) is 4.98 Å². The number of rotatable bonds is 6. The van der Waals surface area contributed by atoms with E-state index >= 15 is 0 Å². The van der Waals surface area contributed by atoms with Crippen LogP contribution in [-0.4, -0.2) is 47.3 Å². The highest BCUT2D eigenvalue weighted by molar-refractivity contribution is 7.64. The number of piperidine rings is 1. The van der Waals surface area contributed by atoms with Crippen molar-refractivity contribution in [2.45, 2.75) is 45.1 Å². The maximum absolute atomic E-state index is 6.49. The van der Waals surface area contributed by atoms with E-state index in [2.05, 4.69) is 77.2 Å². The van der Waals surface area contributed by atoms with Gasteiger partial charge in [-0.15, -0.1) is 0 Å². The molecule has 5 nitrogen and oxygen atoms in total. The van der Waals surface area contributed by atoms with Gasteiger partial charge >= 0.3 is 0 Å². The van der Waals surface area contributed by atoms with Crippen molar-refractivity contribution in [3.8, 4) is 0 Å². The van der Waals surface area contributed by atoms with Crippen LogP contribution in [0, 0.1) is 18.8 Å². The Balaban J connectivity index is 1.16. The number of likely N-dealkylation sites (tertiary alicyclic amines) is 1. The molecular weight excluding hydrogens is 485 g/mol. The molecule has 1 saturated carbocycles. The molecule has 1 aliphatic heterocycles. The van der Waals surface area contributed by atoms with E-state index in [-0.39, 0.29) is 7.92 Å². The van der Waals surface area contributed by atoms with Crippen LogP contribution in [0.5, 0.6) is 0 Å². The number of aromatic nitrogens is 2. The Bertz CT molecular complexity index is 1270. The molecule has 3 aliphatic rings. The predicted molar refractivity (Wildman–Crippen MR) is 153 cm³/mol. The van der Waals surface area contributed by atoms with Gasteiger partial charge in [-0.1, -0.05) is 37.2 Å². The van der Waals surface area contributed by atoms with E-state index in [9.17, 15) is 0 Å². The molecule has 1 saturated heterocycles. The van der Waals surface area contributed by atoms with E-state index in [0.717, 1.165) is 35.7 Å². The second kappa shape index (κ2) is 9.93. The summed E-state index contributed by atoms with van der Waals surface area (Å²) in [5, 5.41) is 8.70. The van der Waals surface area contributed by atoms with Crippen LogP contribution in [0.25, 0.3) is 0 Å². The van der Waals surface area contributed by atoms with Crippen LogP contribution >= 0.6 is 19.5 Å². The first-order valence-corrected chi connectivity index (χ1v) is 15.7. The lowest BCUT2D eigenvalue weighted by molar-refractivity contribution is 0.201. The number of anilines is 4. The molecule has 2 heterocycles. The molecule has 6 rings (SSSR count). The molecule has 3 atom stereocenters. The first kappa shape index (κ1) is 24.2. The summed E-state index contributed by atoms with van der Waals surface area (Å²) in [5.41, 5.74) is 6.30. The summed E-state index contributed by atoms with van der Waals surface area (Å²) in [6, 6.07) is 14.0. The average Bonchev–Trinajstić information content (AvgIpc) is 3.53. The molecule has 2 aliphatic carbocycles. The van der Waals surface area contributed by atoms with Gasteiger partial charge in [-0.2, -0.15) is 4.98 Å². The zero-order valence-electron chi connectivity index (χ0n) is 21.4. The van der Waals surface area contributed by atoms with Crippen LogP contribution in [0.2, 0.25) is 5.02 Å². The Hall–Kier alpha value is -2.20. The molecule has 2 aromatic carbocycles. The van der Waals surface area contributed by atoms with Crippen LogP contribution in [0.15, 0.2) is 42.6 Å². The monoisotopic (exact) mass is 519 g/mol. The Morgan fingerprint density at radius 2 is 1.75 bits per heavy atom. The van der Waals surface area contributed by atoms with E-state index in [1.54, 1.807) is 6.20 Å². The average molecular weight is 520 g/mol. The smallest absolute Gasteiger partial charge is 0.229 e. The SMILES string of the molecule is Cc1ccc(Nc2nc(Nc3ccc4c(c3)CCC(N3CC5CC5C3)CC4)ncc2Cl)c(P(C)C)c1. The van der Waals surface area contributed by atoms with Crippen LogP contribution in [0.4, 0.5) is 23.1 Å². The molecule has 2 fully saturated rings. The van der Waals surface area contributed by atoms with Crippen molar-refractivity contribution < 1.29 is 0 Å². The number of benzene rings is 2. The molecule has 1 aromatic heterocycles. The minimum atomic E-state index is -0.267. The quantitative estimate of drug-likeness (QED) is 0.288. The third-order valence-corrected chi connectivity index (χ3v) is 9.72. The number of nitrogens with one attached hydrogen (secondary N) is 2. The summed E-state index contributed by atoms with van der Waals surface area (Å²) in [4.78, 5) is 12.0. The van der Waals surface area contributed by atoms with Crippen molar-refractivity contribution in [2.75, 3.05) is 37.1 Å². The highest BCUT2D eigenvalue weighted by atomic mass is 35.5. The Morgan fingerprint density at radius 1 is 0.972 bits per heavy atom. The summed E-state index contributed by atoms with van der Waals surface area (Å²) >= 11 is 6.49. The molecule has 0 bridgehead atoms. The summed E-state index contributed by atoms with van der Waals surface area (Å²) in [7, 11) is -0.267. The number of aryl methyl sites for hydroxylation is 3. The topological polar surface area (TPSA) is 53.1 Å². The summed E-state index contributed by atoms with van der Waals surface area (Å²) < 4.78 is 0. The molecule has 3 unspecified atom stereocenters. The van der Waals surface area contributed by atoms with Crippen molar-refractivity contribution in [1.82, 2.24) is 14.9 Å². The van der Waals surface area contributed by atoms with Gasteiger partial charge in [0.1, 0.15) is 5.02 Å². The maximum Gasteiger partial charge on any atom is 0.229 e. The molecule has 36 heavy (non-hydrogen) atoms. The number of hydrogen-bond donors (Lipinski definition) is 2. The Kier molecular flexibility index (Phi) is 6.66. The van der Waals surface area contributed by atoms with E-state index in [1.807, 2.05) is 0 Å². The fourth-order valence-electron chi connectivity index (χ4n) is 5.96. The van der Waals surface area contributed by atoms with Gasteiger partial charge in [-0.3, -0.25) is 4.90 Å². The zero-order chi connectivity index (χ0) is 24.8. The first-order valence-electron chi connectivity index (χ1n) is 13.1. The largest absolute Gasteiger partial charge is 0.338 e. The normalized spacial score (nSPS) is 23.2. The summed E-state index contributed by atoms with van der Waals surface area (Å²) in [5.74, 6) is 3.19. The van der Waals surface area contributed by atoms with Crippen molar-refractivity contribution >= 4 is 48.0 Å². The third-order valence-electron chi connectivity index (χ3n) is 8.11. The lowest BCUT2D eigenvalue weighted by atomic mass is 10.0. The van der Waals surface area contributed by atoms with Crippen LogP contribution in [0.3, 0.4) is 0 Å². The number of halogens is 1. The van der Waals surface area contributed by atoms with E-state index in [1.165, 1.54) is 60.8 Å². The standard InChI is InChI=1S/C29H35ClN5P/c1-18-4-11-26(27(12-18)36(2)3)33-28-25(30)15-31-29(34-28)32-23-8-5-19-6-9-24(10-7-20(19)14-23)35-16-21-13-22(21)17-35/h4-5,8,11-12,14-15,21-22,24H,6-7,9-10,13,16-17H2,1-3H3,(H2,31,32,33,34). The van der Waals surface area contributed by atoms with Crippen molar-refractivity contribution in [3.05, 3.63) is 64.3 Å². The molecule has 2 N–H and O–H groups in total. The lowest BCUT2D eigenvalue weighted by Crippen LogP contribution is -2.34. The van der Waals surface area contributed by atoms with Crippen LogP contribution in [0.1, 0.15) is 36.0 Å². The molecular formula is C29H35ClN5P. The van der Waals surface area contributed by atoms with Crippen LogP contribution < -0.4 is 15.9 Å².